The van der Waals surface area contributed by atoms with Gasteiger partial charge in [0, 0.05) is 31.1 Å². The predicted molar refractivity (Wildman–Crippen MR) is 93.3 cm³/mol. The van der Waals surface area contributed by atoms with Gasteiger partial charge in [-0.1, -0.05) is 23.7 Å². The van der Waals surface area contributed by atoms with Crippen molar-refractivity contribution in [2.75, 3.05) is 7.11 Å². The summed E-state index contributed by atoms with van der Waals surface area (Å²) in [5.41, 5.74) is 0.959. The number of hydrogen-bond acceptors (Lipinski definition) is 4. The van der Waals surface area contributed by atoms with E-state index < -0.39 is 0 Å². The standard InChI is InChI=1S/C18H21ClN4O2/c1-25-11-17-21-20-16-9-14-5-6-15(10-22(16)17)23(14)18(24)8-12-3-2-4-13(19)7-12/h2-4,7,14-15H,5-6,8-11H2,1H3/t14-,15+/m0/s1. The molecule has 0 spiro atoms. The van der Waals surface area contributed by atoms with Gasteiger partial charge in [-0.15, -0.1) is 10.2 Å². The monoisotopic (exact) mass is 360 g/mol. The molecule has 0 unspecified atom stereocenters. The number of carbonyl (C=O) groups is 1. The lowest BCUT2D eigenvalue weighted by molar-refractivity contribution is -0.133. The van der Waals surface area contributed by atoms with Gasteiger partial charge in [0.2, 0.25) is 5.91 Å². The number of ether oxygens (including phenoxy) is 1. The zero-order valence-corrected chi connectivity index (χ0v) is 14.9. The Hall–Kier alpha value is -1.92. The molecule has 2 atom stereocenters. The van der Waals surface area contributed by atoms with E-state index in [0.717, 1.165) is 43.0 Å². The molecule has 25 heavy (non-hydrogen) atoms. The Morgan fingerprint density at radius 3 is 2.96 bits per heavy atom. The molecule has 132 valence electrons. The number of nitrogens with zero attached hydrogens (tertiary/aromatic N) is 4. The van der Waals surface area contributed by atoms with Crippen molar-refractivity contribution >= 4 is 17.5 Å². The summed E-state index contributed by atoms with van der Waals surface area (Å²) < 4.78 is 7.35. The van der Waals surface area contributed by atoms with Crippen LogP contribution >= 0.6 is 11.6 Å². The van der Waals surface area contributed by atoms with Gasteiger partial charge in [0.25, 0.3) is 0 Å². The second kappa shape index (κ2) is 6.77. The maximum Gasteiger partial charge on any atom is 0.227 e. The van der Waals surface area contributed by atoms with E-state index in [9.17, 15) is 4.79 Å². The van der Waals surface area contributed by atoms with Gasteiger partial charge in [0.15, 0.2) is 5.82 Å². The number of carbonyl (C=O) groups excluding carboxylic acids is 1. The smallest absolute Gasteiger partial charge is 0.227 e. The van der Waals surface area contributed by atoms with Gasteiger partial charge < -0.3 is 14.2 Å². The van der Waals surface area contributed by atoms with Crippen LogP contribution in [0.5, 0.6) is 0 Å². The van der Waals surface area contributed by atoms with E-state index >= 15 is 0 Å². The van der Waals surface area contributed by atoms with Gasteiger partial charge >= 0.3 is 0 Å². The summed E-state index contributed by atoms with van der Waals surface area (Å²) >= 11 is 6.05. The van der Waals surface area contributed by atoms with E-state index in [0.29, 0.717) is 18.1 Å². The van der Waals surface area contributed by atoms with E-state index in [2.05, 4.69) is 19.7 Å². The molecule has 0 N–H and O–H groups in total. The van der Waals surface area contributed by atoms with Crippen molar-refractivity contribution in [3.05, 3.63) is 46.5 Å². The number of rotatable bonds is 4. The van der Waals surface area contributed by atoms with E-state index in [1.54, 1.807) is 7.11 Å². The van der Waals surface area contributed by atoms with Crippen molar-refractivity contribution in [3.8, 4) is 0 Å². The zero-order valence-electron chi connectivity index (χ0n) is 14.2. The number of fused-ring (bicyclic) bond motifs is 3. The number of halogens is 1. The van der Waals surface area contributed by atoms with Crippen LogP contribution in [0.15, 0.2) is 24.3 Å². The third-order valence-electron chi connectivity index (χ3n) is 5.14. The molecule has 0 aliphatic carbocycles. The summed E-state index contributed by atoms with van der Waals surface area (Å²) in [7, 11) is 1.66. The van der Waals surface area contributed by atoms with Crippen molar-refractivity contribution < 1.29 is 9.53 Å². The van der Waals surface area contributed by atoms with Gasteiger partial charge in [0.1, 0.15) is 12.4 Å². The van der Waals surface area contributed by atoms with Crippen LogP contribution in [0.4, 0.5) is 0 Å². The highest BCUT2D eigenvalue weighted by molar-refractivity contribution is 6.30. The highest BCUT2D eigenvalue weighted by Crippen LogP contribution is 2.32. The van der Waals surface area contributed by atoms with Crippen LogP contribution in [0.2, 0.25) is 5.02 Å². The summed E-state index contributed by atoms with van der Waals surface area (Å²) in [5.74, 6) is 1.97. The van der Waals surface area contributed by atoms with E-state index in [1.165, 1.54) is 0 Å². The molecule has 2 aliphatic rings. The maximum absolute atomic E-state index is 13.0. The molecule has 0 saturated carbocycles. The Bertz CT molecular complexity index is 791. The van der Waals surface area contributed by atoms with Crippen molar-refractivity contribution in [1.29, 1.82) is 0 Å². The SMILES string of the molecule is COCc1nnc2n1C[C@H]1CC[C@@H](C2)N1C(=O)Cc1cccc(Cl)c1. The van der Waals surface area contributed by atoms with E-state index in [1.807, 2.05) is 24.3 Å². The minimum Gasteiger partial charge on any atom is -0.377 e. The molecule has 1 fully saturated rings. The van der Waals surface area contributed by atoms with Crippen molar-refractivity contribution in [2.45, 2.75) is 50.9 Å². The second-order valence-electron chi connectivity index (χ2n) is 6.77. The fraction of sp³-hybridized carbons (Fsp3) is 0.500. The minimum absolute atomic E-state index is 0.168. The van der Waals surface area contributed by atoms with Gasteiger partial charge in [0.05, 0.1) is 12.5 Å². The molecule has 1 amide bonds. The number of aromatic nitrogens is 3. The molecule has 6 nitrogen and oxygen atoms in total. The molecular formula is C18H21ClN4O2. The zero-order chi connectivity index (χ0) is 17.4. The quantitative estimate of drug-likeness (QED) is 0.839. The Morgan fingerprint density at radius 1 is 1.32 bits per heavy atom. The van der Waals surface area contributed by atoms with Gasteiger partial charge in [-0.05, 0) is 30.5 Å². The Balaban J connectivity index is 1.55. The Labute approximate surface area is 151 Å². The largest absolute Gasteiger partial charge is 0.377 e. The molecule has 0 radical (unpaired) electrons. The number of amides is 1. The lowest BCUT2D eigenvalue weighted by Crippen LogP contribution is -2.43. The predicted octanol–water partition coefficient (Wildman–Crippen LogP) is 2.24. The van der Waals surface area contributed by atoms with Crippen LogP contribution < -0.4 is 0 Å². The molecule has 1 saturated heterocycles. The topological polar surface area (TPSA) is 60.3 Å². The third kappa shape index (κ3) is 3.16. The van der Waals surface area contributed by atoms with Crippen LogP contribution in [0.1, 0.15) is 30.1 Å². The van der Waals surface area contributed by atoms with E-state index in [-0.39, 0.29) is 18.0 Å². The minimum atomic E-state index is 0.168. The lowest BCUT2D eigenvalue weighted by Gasteiger charge is -2.28. The summed E-state index contributed by atoms with van der Waals surface area (Å²) in [6.07, 6.45) is 3.20. The molecule has 2 aromatic rings. The molecule has 2 aliphatic heterocycles. The fourth-order valence-corrected chi connectivity index (χ4v) is 4.27. The average molecular weight is 361 g/mol. The van der Waals surface area contributed by atoms with Crippen LogP contribution in [0.3, 0.4) is 0 Å². The first-order valence-electron chi connectivity index (χ1n) is 8.61. The second-order valence-corrected chi connectivity index (χ2v) is 7.21. The van der Waals surface area contributed by atoms with Crippen LogP contribution in [-0.4, -0.2) is 44.8 Å². The molecule has 3 heterocycles. The lowest BCUT2D eigenvalue weighted by atomic mass is 10.1. The van der Waals surface area contributed by atoms with E-state index in [4.69, 9.17) is 16.3 Å². The van der Waals surface area contributed by atoms with Crippen molar-refractivity contribution in [1.82, 2.24) is 19.7 Å². The fourth-order valence-electron chi connectivity index (χ4n) is 4.05. The highest BCUT2D eigenvalue weighted by atomic mass is 35.5. The molecule has 4 rings (SSSR count). The van der Waals surface area contributed by atoms with Crippen molar-refractivity contribution in [2.24, 2.45) is 0 Å². The molecule has 1 aromatic carbocycles. The average Bonchev–Trinajstić information content (AvgIpc) is 3.08. The summed E-state index contributed by atoms with van der Waals surface area (Å²) in [6.45, 7) is 1.19. The third-order valence-corrected chi connectivity index (χ3v) is 5.38. The summed E-state index contributed by atoms with van der Waals surface area (Å²) in [6, 6.07) is 7.94. The van der Waals surface area contributed by atoms with Gasteiger partial charge in [-0.3, -0.25) is 4.79 Å². The molecule has 7 heteroatoms. The van der Waals surface area contributed by atoms with Crippen LogP contribution in [-0.2, 0) is 35.5 Å². The summed E-state index contributed by atoms with van der Waals surface area (Å²) in [4.78, 5) is 15.1. The Kier molecular flexibility index (Phi) is 4.48. The number of methoxy groups -OCH3 is 1. The van der Waals surface area contributed by atoms with Gasteiger partial charge in [-0.2, -0.15) is 0 Å². The molecular weight excluding hydrogens is 340 g/mol. The van der Waals surface area contributed by atoms with Crippen LogP contribution in [0, 0.1) is 0 Å². The normalized spacial score (nSPS) is 21.9. The first kappa shape index (κ1) is 16.5. The van der Waals surface area contributed by atoms with Gasteiger partial charge in [-0.25, -0.2) is 0 Å². The number of hydrogen-bond donors (Lipinski definition) is 0. The highest BCUT2D eigenvalue weighted by Gasteiger charge is 2.40. The first-order chi connectivity index (χ1) is 12.2. The Morgan fingerprint density at radius 2 is 2.16 bits per heavy atom. The van der Waals surface area contributed by atoms with Crippen LogP contribution in [0.25, 0.3) is 0 Å². The summed E-state index contributed by atoms with van der Waals surface area (Å²) in [5, 5.41) is 9.23. The first-order valence-corrected chi connectivity index (χ1v) is 8.99. The van der Waals surface area contributed by atoms with Crippen molar-refractivity contribution in [3.63, 3.8) is 0 Å². The molecule has 2 bridgehead atoms. The molecule has 1 aromatic heterocycles. The number of benzene rings is 1. The maximum atomic E-state index is 13.0.